The molecule has 25 heavy (non-hydrogen) atoms. The van der Waals surface area contributed by atoms with Crippen LogP contribution >= 0.6 is 11.6 Å². The van der Waals surface area contributed by atoms with Crippen LogP contribution in [0.1, 0.15) is 49.4 Å². The van der Waals surface area contributed by atoms with Crippen molar-refractivity contribution in [2.24, 2.45) is 23.5 Å². The molecular formula is C19H26ClN3O2. The number of hydrogen-bond acceptors (Lipinski definition) is 3. The maximum atomic E-state index is 12.8. The van der Waals surface area contributed by atoms with Crippen molar-refractivity contribution in [1.82, 2.24) is 5.32 Å². The molecule has 0 heterocycles. The van der Waals surface area contributed by atoms with Gasteiger partial charge in [0.2, 0.25) is 5.91 Å². The Kier molecular flexibility index (Phi) is 5.64. The third-order valence-electron chi connectivity index (χ3n) is 5.61. The first-order chi connectivity index (χ1) is 12.0. The molecule has 5 nitrogen and oxygen atoms in total. The minimum atomic E-state index is -0.211. The number of amides is 2. The van der Waals surface area contributed by atoms with Gasteiger partial charge in [-0.05, 0) is 62.6 Å². The lowest BCUT2D eigenvalue weighted by atomic mass is 9.65. The molecule has 2 saturated carbocycles. The predicted molar refractivity (Wildman–Crippen MR) is 99.6 cm³/mol. The van der Waals surface area contributed by atoms with Crippen LogP contribution in [-0.2, 0) is 4.79 Å². The molecule has 2 amide bonds. The Hall–Kier alpha value is -1.59. The quantitative estimate of drug-likeness (QED) is 0.768. The van der Waals surface area contributed by atoms with Crippen molar-refractivity contribution in [3.63, 3.8) is 0 Å². The molecule has 4 N–H and O–H groups in total. The van der Waals surface area contributed by atoms with Crippen molar-refractivity contribution in [3.05, 3.63) is 28.8 Å². The standard InChI is InChI=1S/C19H26ClN3O2/c1-2-22-19(25)15-7-6-14(20)10-16(15)23-18(24)13-8-11-4-3-5-12(9-13)17(11)21/h6-7,10-13,17H,2-5,8-9,21H2,1H3,(H,22,25)(H,23,24). The Morgan fingerprint density at radius 1 is 1.24 bits per heavy atom. The molecule has 0 saturated heterocycles. The number of nitrogens with two attached hydrogens (primary N) is 1. The Morgan fingerprint density at radius 3 is 2.56 bits per heavy atom. The van der Waals surface area contributed by atoms with E-state index in [9.17, 15) is 9.59 Å². The summed E-state index contributed by atoms with van der Waals surface area (Å²) >= 11 is 6.07. The van der Waals surface area contributed by atoms with Crippen LogP contribution in [0.15, 0.2) is 18.2 Å². The molecule has 2 fully saturated rings. The van der Waals surface area contributed by atoms with Gasteiger partial charge in [-0.1, -0.05) is 18.0 Å². The topological polar surface area (TPSA) is 84.2 Å². The summed E-state index contributed by atoms with van der Waals surface area (Å²) in [4.78, 5) is 25.0. The van der Waals surface area contributed by atoms with E-state index < -0.39 is 0 Å². The molecule has 2 aliphatic carbocycles. The minimum Gasteiger partial charge on any atom is -0.352 e. The highest BCUT2D eigenvalue weighted by Gasteiger charge is 2.40. The van der Waals surface area contributed by atoms with E-state index in [1.807, 2.05) is 6.92 Å². The number of rotatable bonds is 4. The Balaban J connectivity index is 1.75. The highest BCUT2D eigenvalue weighted by Crippen LogP contribution is 2.42. The number of benzene rings is 1. The van der Waals surface area contributed by atoms with Gasteiger partial charge >= 0.3 is 0 Å². The summed E-state index contributed by atoms with van der Waals surface area (Å²) in [6.07, 6.45) is 5.11. The Bertz CT molecular complexity index is 650. The number of anilines is 1. The van der Waals surface area contributed by atoms with E-state index in [0.29, 0.717) is 34.7 Å². The third kappa shape index (κ3) is 3.98. The molecule has 3 rings (SSSR count). The van der Waals surface area contributed by atoms with Crippen molar-refractivity contribution in [3.8, 4) is 0 Å². The van der Waals surface area contributed by atoms with Crippen LogP contribution in [0, 0.1) is 17.8 Å². The van der Waals surface area contributed by atoms with E-state index in [1.165, 1.54) is 6.42 Å². The molecule has 2 aliphatic rings. The molecule has 6 heteroatoms. The van der Waals surface area contributed by atoms with Crippen molar-refractivity contribution < 1.29 is 9.59 Å². The smallest absolute Gasteiger partial charge is 0.253 e. The van der Waals surface area contributed by atoms with E-state index >= 15 is 0 Å². The molecule has 2 atom stereocenters. The Morgan fingerprint density at radius 2 is 1.92 bits per heavy atom. The van der Waals surface area contributed by atoms with Crippen molar-refractivity contribution in [2.45, 2.75) is 45.1 Å². The van der Waals surface area contributed by atoms with E-state index in [-0.39, 0.29) is 23.8 Å². The van der Waals surface area contributed by atoms with Gasteiger partial charge in [-0.25, -0.2) is 0 Å². The average molecular weight is 364 g/mol. The van der Waals surface area contributed by atoms with Gasteiger partial charge in [-0.3, -0.25) is 9.59 Å². The number of hydrogen-bond donors (Lipinski definition) is 3. The van der Waals surface area contributed by atoms with Gasteiger partial charge in [0.15, 0.2) is 0 Å². The van der Waals surface area contributed by atoms with E-state index in [2.05, 4.69) is 10.6 Å². The van der Waals surface area contributed by atoms with Crippen molar-refractivity contribution in [2.75, 3.05) is 11.9 Å². The number of fused-ring (bicyclic) bond motifs is 2. The molecule has 0 aliphatic heterocycles. The fourth-order valence-corrected chi connectivity index (χ4v) is 4.48. The molecule has 2 bridgehead atoms. The Labute approximate surface area is 153 Å². The first kappa shape index (κ1) is 18.2. The van der Waals surface area contributed by atoms with Crippen molar-refractivity contribution >= 4 is 29.1 Å². The van der Waals surface area contributed by atoms with Crippen LogP contribution in [0.3, 0.4) is 0 Å². The number of nitrogens with one attached hydrogen (secondary N) is 2. The average Bonchev–Trinajstić information content (AvgIpc) is 2.54. The molecule has 0 spiro atoms. The zero-order valence-corrected chi connectivity index (χ0v) is 15.3. The van der Waals surface area contributed by atoms with Crippen LogP contribution in [-0.4, -0.2) is 24.4 Å². The maximum Gasteiger partial charge on any atom is 0.253 e. The molecule has 136 valence electrons. The van der Waals surface area contributed by atoms with Crippen LogP contribution < -0.4 is 16.4 Å². The largest absolute Gasteiger partial charge is 0.352 e. The lowest BCUT2D eigenvalue weighted by molar-refractivity contribution is -0.122. The third-order valence-corrected chi connectivity index (χ3v) is 5.84. The first-order valence-corrected chi connectivity index (χ1v) is 9.51. The van der Waals surface area contributed by atoms with Gasteiger partial charge in [-0.2, -0.15) is 0 Å². The summed E-state index contributed by atoms with van der Waals surface area (Å²) in [7, 11) is 0. The molecule has 1 aromatic carbocycles. The second-order valence-electron chi connectivity index (χ2n) is 7.24. The zero-order valence-electron chi connectivity index (χ0n) is 14.6. The van der Waals surface area contributed by atoms with E-state index in [4.69, 9.17) is 17.3 Å². The summed E-state index contributed by atoms with van der Waals surface area (Å²) in [5.41, 5.74) is 7.23. The summed E-state index contributed by atoms with van der Waals surface area (Å²) in [5, 5.41) is 6.19. The fraction of sp³-hybridized carbons (Fsp3) is 0.579. The van der Waals surface area contributed by atoms with Crippen molar-refractivity contribution in [1.29, 1.82) is 0 Å². The monoisotopic (exact) mass is 363 g/mol. The zero-order chi connectivity index (χ0) is 18.0. The van der Waals surface area contributed by atoms with Gasteiger partial charge in [0.1, 0.15) is 0 Å². The number of carbonyl (C=O) groups excluding carboxylic acids is 2. The fourth-order valence-electron chi connectivity index (χ4n) is 4.31. The minimum absolute atomic E-state index is 0.0309. The van der Waals surface area contributed by atoms with Gasteiger partial charge in [0.05, 0.1) is 11.3 Å². The van der Waals surface area contributed by atoms with E-state index in [1.54, 1.807) is 18.2 Å². The van der Waals surface area contributed by atoms with Crippen LogP contribution in [0.25, 0.3) is 0 Å². The predicted octanol–water partition coefficient (Wildman–Crippen LogP) is 3.18. The van der Waals surface area contributed by atoms with Gasteiger partial charge in [0.25, 0.3) is 5.91 Å². The molecule has 0 aromatic heterocycles. The molecular weight excluding hydrogens is 338 g/mol. The van der Waals surface area contributed by atoms with E-state index in [0.717, 1.165) is 25.7 Å². The highest BCUT2D eigenvalue weighted by atomic mass is 35.5. The summed E-state index contributed by atoms with van der Waals surface area (Å²) in [5.74, 6) is 0.584. The maximum absolute atomic E-state index is 12.8. The van der Waals surface area contributed by atoms with Crippen LogP contribution in [0.4, 0.5) is 5.69 Å². The normalized spacial score (nSPS) is 28.3. The first-order valence-electron chi connectivity index (χ1n) is 9.13. The number of halogens is 1. The second-order valence-corrected chi connectivity index (χ2v) is 7.67. The molecule has 2 unspecified atom stereocenters. The van der Waals surface area contributed by atoms with Gasteiger partial charge in [-0.15, -0.1) is 0 Å². The summed E-state index contributed by atoms with van der Waals surface area (Å²) in [6.45, 7) is 2.38. The van der Waals surface area contributed by atoms with Gasteiger partial charge in [0, 0.05) is 23.5 Å². The summed E-state index contributed by atoms with van der Waals surface area (Å²) < 4.78 is 0. The highest BCUT2D eigenvalue weighted by molar-refractivity contribution is 6.31. The number of carbonyl (C=O) groups is 2. The second kappa shape index (κ2) is 7.75. The SMILES string of the molecule is CCNC(=O)c1ccc(Cl)cc1NC(=O)C1CC2CCCC(C1)C2N. The van der Waals surface area contributed by atoms with Crippen LogP contribution in [0.2, 0.25) is 5.02 Å². The molecule has 1 aromatic rings. The van der Waals surface area contributed by atoms with Gasteiger partial charge < -0.3 is 16.4 Å². The molecule has 0 radical (unpaired) electrons. The summed E-state index contributed by atoms with van der Waals surface area (Å²) in [6, 6.07) is 5.18. The lowest BCUT2D eigenvalue weighted by Crippen LogP contribution is -2.48. The lowest BCUT2D eigenvalue weighted by Gasteiger charge is -2.43. The van der Waals surface area contributed by atoms with Crippen LogP contribution in [0.5, 0.6) is 0 Å².